The molecule has 0 bridgehead atoms. The van der Waals surface area contributed by atoms with Gasteiger partial charge in [0.05, 0.1) is 0 Å². The number of hydrogen-bond acceptors (Lipinski definition) is 2. The molecule has 0 fully saturated rings. The highest BCUT2D eigenvalue weighted by Gasteiger charge is 2.42. The van der Waals surface area contributed by atoms with Crippen LogP contribution in [-0.2, 0) is 8.85 Å². The Labute approximate surface area is 96.6 Å². The second-order valence-electron chi connectivity index (χ2n) is 4.59. The van der Waals surface area contributed by atoms with Crippen molar-refractivity contribution in [2.45, 2.75) is 59.5 Å². The summed E-state index contributed by atoms with van der Waals surface area (Å²) in [6.07, 6.45) is 1.15. The van der Waals surface area contributed by atoms with Crippen LogP contribution in [0, 0.1) is 5.92 Å². The van der Waals surface area contributed by atoms with Crippen molar-refractivity contribution in [3.05, 3.63) is 0 Å². The molecule has 2 nitrogen and oxygen atoms in total. The Balaban J connectivity index is 4.70. The van der Waals surface area contributed by atoms with E-state index < -0.39 is 8.56 Å². The molecule has 92 valence electrons. The van der Waals surface area contributed by atoms with Crippen molar-refractivity contribution in [3.8, 4) is 0 Å². The third-order valence-corrected chi connectivity index (χ3v) is 7.68. The SMILES string of the molecule is CCO[Si](CC(C)C)(OCC)C(C)CC. The minimum atomic E-state index is -1.96. The fraction of sp³-hybridized carbons (Fsp3) is 1.00. The van der Waals surface area contributed by atoms with Crippen LogP contribution in [0.1, 0.15) is 48.0 Å². The van der Waals surface area contributed by atoms with Gasteiger partial charge in [-0.1, -0.05) is 34.1 Å². The first kappa shape index (κ1) is 15.1. The van der Waals surface area contributed by atoms with Crippen LogP contribution in [0.15, 0.2) is 0 Å². The number of hydrogen-bond donors (Lipinski definition) is 0. The van der Waals surface area contributed by atoms with Gasteiger partial charge in [0, 0.05) is 13.2 Å². The number of rotatable bonds is 8. The first-order valence-corrected chi connectivity index (χ1v) is 8.40. The zero-order valence-corrected chi connectivity index (χ0v) is 12.3. The van der Waals surface area contributed by atoms with Crippen LogP contribution in [0.4, 0.5) is 0 Å². The molecule has 0 aromatic heterocycles. The lowest BCUT2D eigenvalue weighted by molar-refractivity contribution is 0.168. The van der Waals surface area contributed by atoms with E-state index in [1.807, 2.05) is 0 Å². The van der Waals surface area contributed by atoms with Crippen LogP contribution in [-0.4, -0.2) is 21.8 Å². The molecule has 0 aromatic carbocycles. The molecule has 0 saturated heterocycles. The highest BCUT2D eigenvalue weighted by molar-refractivity contribution is 6.69. The predicted molar refractivity (Wildman–Crippen MR) is 68.4 cm³/mol. The maximum atomic E-state index is 6.05. The lowest BCUT2D eigenvalue weighted by Gasteiger charge is -2.36. The third-order valence-electron chi connectivity index (χ3n) is 2.83. The molecule has 1 atom stereocenters. The van der Waals surface area contributed by atoms with E-state index in [2.05, 4.69) is 41.5 Å². The van der Waals surface area contributed by atoms with E-state index in [9.17, 15) is 0 Å². The molecule has 1 unspecified atom stereocenters. The fourth-order valence-corrected chi connectivity index (χ4v) is 6.04. The molecule has 3 heteroatoms. The quantitative estimate of drug-likeness (QED) is 0.590. The highest BCUT2D eigenvalue weighted by atomic mass is 28.4. The van der Waals surface area contributed by atoms with Gasteiger partial charge in [0.25, 0.3) is 0 Å². The molecule has 0 aromatic rings. The molecule has 0 amide bonds. The van der Waals surface area contributed by atoms with Crippen LogP contribution in [0.2, 0.25) is 11.6 Å². The van der Waals surface area contributed by atoms with Gasteiger partial charge in [-0.2, -0.15) is 0 Å². The van der Waals surface area contributed by atoms with Crippen molar-refractivity contribution in [1.29, 1.82) is 0 Å². The Bertz CT molecular complexity index is 154. The standard InChI is InChI=1S/C12H28O2Si/c1-7-12(6)15(13-8-2,14-9-3)10-11(4)5/h11-12H,7-10H2,1-6H3. The summed E-state index contributed by atoms with van der Waals surface area (Å²) in [5.74, 6) is 0.656. The van der Waals surface area contributed by atoms with Gasteiger partial charge >= 0.3 is 8.56 Å². The molecule has 0 saturated carbocycles. The smallest absolute Gasteiger partial charge is 0.341 e. The second kappa shape index (κ2) is 7.42. The summed E-state index contributed by atoms with van der Waals surface area (Å²) in [6, 6.07) is 1.11. The van der Waals surface area contributed by atoms with Gasteiger partial charge in [0.1, 0.15) is 0 Å². The van der Waals surface area contributed by atoms with E-state index in [1.54, 1.807) is 0 Å². The summed E-state index contributed by atoms with van der Waals surface area (Å²) < 4.78 is 12.1. The van der Waals surface area contributed by atoms with Crippen LogP contribution < -0.4 is 0 Å². The molecule has 0 rings (SSSR count). The first-order chi connectivity index (χ1) is 7.02. The Hall–Kier alpha value is 0.137. The summed E-state index contributed by atoms with van der Waals surface area (Å²) in [7, 11) is -1.96. The summed E-state index contributed by atoms with van der Waals surface area (Å²) >= 11 is 0. The minimum Gasteiger partial charge on any atom is -0.394 e. The van der Waals surface area contributed by atoms with Gasteiger partial charge < -0.3 is 8.85 Å². The second-order valence-corrected chi connectivity index (χ2v) is 8.18. The molecule has 0 aliphatic carbocycles. The topological polar surface area (TPSA) is 18.5 Å². The van der Waals surface area contributed by atoms with Gasteiger partial charge in [-0.3, -0.25) is 0 Å². The van der Waals surface area contributed by atoms with Gasteiger partial charge in [0.15, 0.2) is 0 Å². The molecule has 0 aliphatic rings. The molecular weight excluding hydrogens is 204 g/mol. The first-order valence-electron chi connectivity index (χ1n) is 6.30. The summed E-state index contributed by atoms with van der Waals surface area (Å²) in [5.41, 5.74) is 0.583. The van der Waals surface area contributed by atoms with Crippen LogP contribution in [0.3, 0.4) is 0 Å². The summed E-state index contributed by atoms with van der Waals surface area (Å²) in [5, 5.41) is 0. The zero-order chi connectivity index (χ0) is 11.9. The average Bonchev–Trinajstić information content (AvgIpc) is 2.16. The van der Waals surface area contributed by atoms with Crippen molar-refractivity contribution < 1.29 is 8.85 Å². The lowest BCUT2D eigenvalue weighted by Crippen LogP contribution is -2.47. The van der Waals surface area contributed by atoms with Gasteiger partial charge in [0.2, 0.25) is 0 Å². The van der Waals surface area contributed by atoms with Crippen LogP contribution in [0.5, 0.6) is 0 Å². The zero-order valence-electron chi connectivity index (χ0n) is 11.3. The molecule has 0 aliphatic heterocycles. The van der Waals surface area contributed by atoms with Crippen molar-refractivity contribution in [2.75, 3.05) is 13.2 Å². The normalized spacial score (nSPS) is 14.6. The van der Waals surface area contributed by atoms with Crippen LogP contribution >= 0.6 is 0 Å². The van der Waals surface area contributed by atoms with E-state index in [4.69, 9.17) is 8.85 Å². The third kappa shape index (κ3) is 4.66. The Kier molecular flexibility index (Phi) is 7.48. The molecule has 0 N–H and O–H groups in total. The van der Waals surface area contributed by atoms with E-state index in [-0.39, 0.29) is 0 Å². The Morgan fingerprint density at radius 1 is 0.933 bits per heavy atom. The van der Waals surface area contributed by atoms with Crippen LogP contribution in [0.25, 0.3) is 0 Å². The summed E-state index contributed by atoms with van der Waals surface area (Å²) in [6.45, 7) is 14.7. The average molecular weight is 232 g/mol. The molecule has 0 heterocycles. The van der Waals surface area contributed by atoms with Crippen molar-refractivity contribution in [2.24, 2.45) is 5.92 Å². The van der Waals surface area contributed by atoms with E-state index in [0.717, 1.165) is 25.7 Å². The highest BCUT2D eigenvalue weighted by Crippen LogP contribution is 2.33. The Morgan fingerprint density at radius 3 is 1.67 bits per heavy atom. The minimum absolute atomic E-state index is 0.583. The monoisotopic (exact) mass is 232 g/mol. The maximum absolute atomic E-state index is 6.05. The van der Waals surface area contributed by atoms with Gasteiger partial charge in [-0.15, -0.1) is 0 Å². The van der Waals surface area contributed by atoms with Gasteiger partial charge in [-0.25, -0.2) is 0 Å². The maximum Gasteiger partial charge on any atom is 0.341 e. The van der Waals surface area contributed by atoms with Crippen molar-refractivity contribution in [3.63, 3.8) is 0 Å². The van der Waals surface area contributed by atoms with Crippen molar-refractivity contribution in [1.82, 2.24) is 0 Å². The van der Waals surface area contributed by atoms with E-state index in [1.165, 1.54) is 0 Å². The van der Waals surface area contributed by atoms with E-state index >= 15 is 0 Å². The predicted octanol–water partition coefficient (Wildman–Crippen LogP) is 3.96. The Morgan fingerprint density at radius 2 is 1.40 bits per heavy atom. The van der Waals surface area contributed by atoms with E-state index in [0.29, 0.717) is 11.5 Å². The fourth-order valence-electron chi connectivity index (χ4n) is 2.01. The largest absolute Gasteiger partial charge is 0.394 e. The molecular formula is C12H28O2Si. The lowest BCUT2D eigenvalue weighted by atomic mass is 10.3. The molecule has 0 radical (unpaired) electrons. The molecule has 0 spiro atoms. The molecule has 15 heavy (non-hydrogen) atoms. The summed E-state index contributed by atoms with van der Waals surface area (Å²) in [4.78, 5) is 0. The van der Waals surface area contributed by atoms with Crippen molar-refractivity contribution >= 4 is 8.56 Å². The van der Waals surface area contributed by atoms with Gasteiger partial charge in [-0.05, 0) is 31.4 Å².